The van der Waals surface area contributed by atoms with Crippen molar-refractivity contribution in [3.05, 3.63) is 29.6 Å². The largest absolute Gasteiger partial charge is 0.475 e. The molecule has 0 fully saturated rings. The number of fused-ring (bicyclic) bond motifs is 1. The number of aryl methyl sites for hydroxylation is 1. The lowest BCUT2D eigenvalue weighted by Crippen LogP contribution is -1.97. The van der Waals surface area contributed by atoms with E-state index in [1.54, 1.807) is 0 Å². The first-order valence-electron chi connectivity index (χ1n) is 3.87. The summed E-state index contributed by atoms with van der Waals surface area (Å²) in [6, 6.07) is 5.57. The van der Waals surface area contributed by atoms with Gasteiger partial charge in [0.15, 0.2) is 0 Å². The van der Waals surface area contributed by atoms with Gasteiger partial charge in [0.1, 0.15) is 0 Å². The summed E-state index contributed by atoms with van der Waals surface area (Å²) in [6.07, 6.45) is 0. The van der Waals surface area contributed by atoms with E-state index < -0.39 is 5.97 Å². The molecule has 0 atom stereocenters. The highest BCUT2D eigenvalue weighted by molar-refractivity contribution is 5.89. The molecule has 1 heterocycles. The Bertz CT molecular complexity index is 473. The minimum absolute atomic E-state index is 0.00991. The van der Waals surface area contributed by atoms with Gasteiger partial charge in [0, 0.05) is 0 Å². The zero-order valence-corrected chi connectivity index (χ0v) is 7.03. The van der Waals surface area contributed by atoms with Gasteiger partial charge in [0.25, 0.3) is 0 Å². The second kappa shape index (κ2) is 2.58. The van der Waals surface area contributed by atoms with E-state index in [2.05, 4.69) is 9.97 Å². The molecule has 1 aromatic heterocycles. The average molecular weight is 176 g/mol. The lowest BCUT2D eigenvalue weighted by Gasteiger charge is -1.90. The first kappa shape index (κ1) is 7.79. The lowest BCUT2D eigenvalue weighted by molar-refractivity contribution is 0.0685. The number of rotatable bonds is 1. The smallest absolute Gasteiger partial charge is 0.371 e. The monoisotopic (exact) mass is 176 g/mol. The summed E-state index contributed by atoms with van der Waals surface area (Å²) in [4.78, 5) is 17.3. The van der Waals surface area contributed by atoms with Gasteiger partial charge in [0.2, 0.25) is 5.82 Å². The molecule has 0 aliphatic heterocycles. The molecule has 0 aliphatic carbocycles. The van der Waals surface area contributed by atoms with Crippen molar-refractivity contribution >= 4 is 17.0 Å². The molecular formula is C9H8N2O2. The Labute approximate surface area is 74.2 Å². The van der Waals surface area contributed by atoms with E-state index in [-0.39, 0.29) is 5.82 Å². The third-order valence-electron chi connectivity index (χ3n) is 1.92. The molecule has 2 N–H and O–H groups in total. The number of hydrogen-bond donors (Lipinski definition) is 2. The number of aromatic nitrogens is 2. The van der Waals surface area contributed by atoms with E-state index in [4.69, 9.17) is 5.11 Å². The van der Waals surface area contributed by atoms with Crippen molar-refractivity contribution in [2.75, 3.05) is 0 Å². The van der Waals surface area contributed by atoms with Crippen molar-refractivity contribution in [3.8, 4) is 0 Å². The van der Waals surface area contributed by atoms with Crippen LogP contribution >= 0.6 is 0 Å². The SMILES string of the molecule is Cc1cccc2[nH]c(C(=O)O)nc12. The minimum atomic E-state index is -1.03. The number of H-pyrrole nitrogens is 1. The highest BCUT2D eigenvalue weighted by Crippen LogP contribution is 2.14. The molecule has 0 spiro atoms. The molecule has 13 heavy (non-hydrogen) atoms. The number of nitrogens with one attached hydrogen (secondary N) is 1. The van der Waals surface area contributed by atoms with Crippen LogP contribution in [0.4, 0.5) is 0 Å². The van der Waals surface area contributed by atoms with Crippen LogP contribution in [0, 0.1) is 6.92 Å². The molecule has 0 saturated carbocycles. The molecule has 4 nitrogen and oxygen atoms in total. The van der Waals surface area contributed by atoms with Crippen LogP contribution in [0.25, 0.3) is 11.0 Å². The van der Waals surface area contributed by atoms with E-state index in [0.717, 1.165) is 16.6 Å². The van der Waals surface area contributed by atoms with Crippen LogP contribution in [-0.2, 0) is 0 Å². The number of carboxylic acid groups (broad SMARTS) is 1. The molecule has 0 bridgehead atoms. The molecule has 2 rings (SSSR count). The molecule has 0 aliphatic rings. The Morgan fingerprint density at radius 1 is 1.54 bits per heavy atom. The summed E-state index contributed by atoms with van der Waals surface area (Å²) in [5.74, 6) is -1.04. The number of imidazole rings is 1. The van der Waals surface area contributed by atoms with Crippen molar-refractivity contribution in [2.45, 2.75) is 6.92 Å². The number of benzene rings is 1. The molecule has 0 amide bonds. The summed E-state index contributed by atoms with van der Waals surface area (Å²) in [5, 5.41) is 8.68. The van der Waals surface area contributed by atoms with Gasteiger partial charge < -0.3 is 10.1 Å². The fourth-order valence-electron chi connectivity index (χ4n) is 1.28. The van der Waals surface area contributed by atoms with Gasteiger partial charge in [-0.05, 0) is 18.6 Å². The zero-order valence-electron chi connectivity index (χ0n) is 7.03. The third-order valence-corrected chi connectivity index (χ3v) is 1.92. The Kier molecular flexibility index (Phi) is 1.55. The highest BCUT2D eigenvalue weighted by atomic mass is 16.4. The highest BCUT2D eigenvalue weighted by Gasteiger charge is 2.09. The minimum Gasteiger partial charge on any atom is -0.475 e. The number of nitrogens with zero attached hydrogens (tertiary/aromatic N) is 1. The predicted octanol–water partition coefficient (Wildman–Crippen LogP) is 1.57. The van der Waals surface area contributed by atoms with Crippen LogP contribution in [0.2, 0.25) is 0 Å². The van der Waals surface area contributed by atoms with Crippen LogP contribution in [0.15, 0.2) is 18.2 Å². The summed E-state index contributed by atoms with van der Waals surface area (Å²) in [7, 11) is 0. The van der Waals surface area contributed by atoms with Crippen molar-refractivity contribution in [1.29, 1.82) is 0 Å². The van der Waals surface area contributed by atoms with Gasteiger partial charge in [-0.1, -0.05) is 12.1 Å². The van der Waals surface area contributed by atoms with Crippen molar-refractivity contribution in [2.24, 2.45) is 0 Å². The van der Waals surface area contributed by atoms with E-state index in [0.29, 0.717) is 0 Å². The van der Waals surface area contributed by atoms with Crippen LogP contribution in [0.3, 0.4) is 0 Å². The Balaban J connectivity index is 2.75. The number of aromatic carboxylic acids is 1. The van der Waals surface area contributed by atoms with Crippen molar-refractivity contribution in [3.63, 3.8) is 0 Å². The van der Waals surface area contributed by atoms with E-state index >= 15 is 0 Å². The molecule has 0 saturated heterocycles. The van der Waals surface area contributed by atoms with Crippen LogP contribution in [0.1, 0.15) is 16.2 Å². The van der Waals surface area contributed by atoms with Gasteiger partial charge in [-0.15, -0.1) is 0 Å². The van der Waals surface area contributed by atoms with Gasteiger partial charge in [0.05, 0.1) is 11.0 Å². The second-order valence-corrected chi connectivity index (χ2v) is 2.86. The van der Waals surface area contributed by atoms with E-state index in [1.165, 1.54) is 0 Å². The van der Waals surface area contributed by atoms with E-state index in [1.807, 2.05) is 25.1 Å². The normalized spacial score (nSPS) is 10.5. The van der Waals surface area contributed by atoms with Crippen LogP contribution < -0.4 is 0 Å². The molecule has 1 aromatic carbocycles. The first-order chi connectivity index (χ1) is 6.18. The third kappa shape index (κ3) is 1.16. The summed E-state index contributed by atoms with van der Waals surface area (Å²) < 4.78 is 0. The molecule has 66 valence electrons. The van der Waals surface area contributed by atoms with Crippen LogP contribution in [-0.4, -0.2) is 21.0 Å². The van der Waals surface area contributed by atoms with Gasteiger partial charge in [-0.25, -0.2) is 9.78 Å². The summed E-state index contributed by atoms with van der Waals surface area (Å²) >= 11 is 0. The van der Waals surface area contributed by atoms with Gasteiger partial charge in [-0.3, -0.25) is 0 Å². The number of hydrogen-bond acceptors (Lipinski definition) is 2. The summed E-state index contributed by atoms with van der Waals surface area (Å²) in [5.41, 5.74) is 2.46. The average Bonchev–Trinajstić information content (AvgIpc) is 2.49. The maximum atomic E-state index is 10.6. The molecule has 0 radical (unpaired) electrons. The molecule has 2 aromatic rings. The maximum absolute atomic E-state index is 10.6. The fraction of sp³-hybridized carbons (Fsp3) is 0.111. The predicted molar refractivity (Wildman–Crippen MR) is 47.8 cm³/mol. The number of carboxylic acids is 1. The Morgan fingerprint density at radius 3 is 2.92 bits per heavy atom. The molecular weight excluding hydrogens is 168 g/mol. The fourth-order valence-corrected chi connectivity index (χ4v) is 1.28. The topological polar surface area (TPSA) is 66.0 Å². The van der Waals surface area contributed by atoms with Crippen molar-refractivity contribution < 1.29 is 9.90 Å². The number of aromatic amines is 1. The van der Waals surface area contributed by atoms with Crippen LogP contribution in [0.5, 0.6) is 0 Å². The first-order valence-corrected chi connectivity index (χ1v) is 3.87. The summed E-state index contributed by atoms with van der Waals surface area (Å²) in [6.45, 7) is 1.90. The number of para-hydroxylation sites is 1. The standard InChI is InChI=1S/C9H8N2O2/c1-5-3-2-4-6-7(5)11-8(10-6)9(12)13/h2-4H,1H3,(H,10,11)(H,12,13). The Hall–Kier alpha value is -1.84. The van der Waals surface area contributed by atoms with Gasteiger partial charge in [-0.2, -0.15) is 0 Å². The number of carbonyl (C=O) groups is 1. The quantitative estimate of drug-likeness (QED) is 0.693. The molecule has 4 heteroatoms. The van der Waals surface area contributed by atoms with Gasteiger partial charge >= 0.3 is 5.97 Å². The molecule has 0 unspecified atom stereocenters. The Morgan fingerprint density at radius 2 is 2.31 bits per heavy atom. The van der Waals surface area contributed by atoms with Crippen molar-refractivity contribution in [1.82, 2.24) is 9.97 Å². The maximum Gasteiger partial charge on any atom is 0.371 e. The second-order valence-electron chi connectivity index (χ2n) is 2.86. The zero-order chi connectivity index (χ0) is 9.42. The van der Waals surface area contributed by atoms with E-state index in [9.17, 15) is 4.79 Å². The lowest BCUT2D eigenvalue weighted by atomic mass is 10.2.